The first-order valence-electron chi connectivity index (χ1n) is 8.14. The highest BCUT2D eigenvalue weighted by atomic mass is 32.1. The zero-order chi connectivity index (χ0) is 16.5. The maximum Gasteiger partial charge on any atom is 0.225 e. The van der Waals surface area contributed by atoms with Crippen LogP contribution in [0.1, 0.15) is 19.3 Å². The van der Waals surface area contributed by atoms with Crippen molar-refractivity contribution in [1.29, 1.82) is 0 Å². The number of methoxy groups -OCH3 is 1. The number of thiophene rings is 1. The van der Waals surface area contributed by atoms with Gasteiger partial charge in [0.1, 0.15) is 5.75 Å². The Morgan fingerprint density at radius 1 is 1.17 bits per heavy atom. The number of hydrogen-bond acceptors (Lipinski definition) is 6. The third kappa shape index (κ3) is 2.78. The van der Waals surface area contributed by atoms with Gasteiger partial charge in [-0.25, -0.2) is 4.98 Å². The van der Waals surface area contributed by atoms with Gasteiger partial charge in [-0.1, -0.05) is 0 Å². The molecule has 1 aliphatic rings. The van der Waals surface area contributed by atoms with Crippen LogP contribution in [0, 0.1) is 0 Å². The second-order valence-corrected chi connectivity index (χ2v) is 6.95. The van der Waals surface area contributed by atoms with Crippen molar-refractivity contribution in [1.82, 2.24) is 9.97 Å². The second-order valence-electron chi connectivity index (χ2n) is 6.03. The Morgan fingerprint density at radius 3 is 2.62 bits per heavy atom. The molecule has 0 saturated heterocycles. The molecule has 0 radical (unpaired) electrons. The zero-order valence-corrected chi connectivity index (χ0v) is 14.6. The smallest absolute Gasteiger partial charge is 0.225 e. The van der Waals surface area contributed by atoms with Gasteiger partial charge in [-0.15, -0.1) is 11.3 Å². The molecular weight excluding hydrogens is 320 g/mol. The molecule has 0 atom stereocenters. The third-order valence-electron chi connectivity index (χ3n) is 4.50. The highest BCUT2D eigenvalue weighted by Crippen LogP contribution is 2.34. The van der Waals surface area contributed by atoms with Crippen molar-refractivity contribution in [3.8, 4) is 5.75 Å². The molecule has 24 heavy (non-hydrogen) atoms. The van der Waals surface area contributed by atoms with Gasteiger partial charge in [0.15, 0.2) is 5.82 Å². The molecule has 6 heteroatoms. The van der Waals surface area contributed by atoms with Gasteiger partial charge in [0.2, 0.25) is 5.95 Å². The van der Waals surface area contributed by atoms with Crippen LogP contribution in [0.15, 0.2) is 35.7 Å². The molecule has 1 aliphatic carbocycles. The summed E-state index contributed by atoms with van der Waals surface area (Å²) in [5.74, 6) is 2.51. The van der Waals surface area contributed by atoms with Crippen LogP contribution >= 0.6 is 11.3 Å². The number of nitrogens with one attached hydrogen (secondary N) is 1. The lowest BCUT2D eigenvalue weighted by atomic mass is 9.93. The van der Waals surface area contributed by atoms with Gasteiger partial charge in [-0.05, 0) is 55.0 Å². The topological polar surface area (TPSA) is 50.3 Å². The predicted molar refractivity (Wildman–Crippen MR) is 99.7 cm³/mol. The molecule has 5 nitrogen and oxygen atoms in total. The van der Waals surface area contributed by atoms with E-state index in [1.165, 1.54) is 19.3 Å². The predicted octanol–water partition coefficient (Wildman–Crippen LogP) is 4.43. The Kier molecular flexibility index (Phi) is 3.98. The summed E-state index contributed by atoms with van der Waals surface area (Å²) in [7, 11) is 3.72. The van der Waals surface area contributed by atoms with Gasteiger partial charge in [0, 0.05) is 18.8 Å². The number of rotatable bonds is 5. The molecule has 124 valence electrons. The second kappa shape index (κ2) is 6.28. The van der Waals surface area contributed by atoms with E-state index in [9.17, 15) is 0 Å². The molecule has 1 fully saturated rings. The molecule has 0 unspecified atom stereocenters. The minimum absolute atomic E-state index is 0.514. The largest absolute Gasteiger partial charge is 0.497 e. The monoisotopic (exact) mass is 340 g/mol. The van der Waals surface area contributed by atoms with E-state index in [0.717, 1.165) is 33.4 Å². The minimum atomic E-state index is 0.514. The van der Waals surface area contributed by atoms with Crippen molar-refractivity contribution in [3.63, 3.8) is 0 Å². The van der Waals surface area contributed by atoms with Crippen LogP contribution in [-0.4, -0.2) is 30.2 Å². The maximum absolute atomic E-state index is 5.24. The van der Waals surface area contributed by atoms with Gasteiger partial charge in [-0.3, -0.25) is 0 Å². The fourth-order valence-electron chi connectivity index (χ4n) is 2.80. The van der Waals surface area contributed by atoms with Crippen LogP contribution in [0.5, 0.6) is 5.75 Å². The van der Waals surface area contributed by atoms with Crippen LogP contribution in [-0.2, 0) is 0 Å². The summed E-state index contributed by atoms with van der Waals surface area (Å²) >= 11 is 1.67. The zero-order valence-electron chi connectivity index (χ0n) is 13.8. The molecule has 0 spiro atoms. The number of aromatic nitrogens is 2. The summed E-state index contributed by atoms with van der Waals surface area (Å²) in [5.41, 5.74) is 2.06. The molecule has 1 aromatic carbocycles. The van der Waals surface area contributed by atoms with Crippen molar-refractivity contribution in [2.45, 2.75) is 25.3 Å². The summed E-state index contributed by atoms with van der Waals surface area (Å²) in [6, 6.07) is 10.6. The van der Waals surface area contributed by atoms with E-state index < -0.39 is 0 Å². The Hall–Kier alpha value is -2.34. The first-order valence-corrected chi connectivity index (χ1v) is 9.02. The highest BCUT2D eigenvalue weighted by molar-refractivity contribution is 7.17. The Balaban J connectivity index is 1.71. The lowest BCUT2D eigenvalue weighted by Gasteiger charge is -2.27. The van der Waals surface area contributed by atoms with Crippen molar-refractivity contribution in [3.05, 3.63) is 35.7 Å². The van der Waals surface area contributed by atoms with E-state index in [1.54, 1.807) is 18.4 Å². The standard InChI is InChI=1S/C18H20N4OS/c1-22(13-6-8-14(23-2)9-7-13)17-16-15(10-11-24-16)20-18(21-17)19-12-4-3-5-12/h6-12H,3-5H2,1-2H3,(H,19,20,21). The number of fused-ring (bicyclic) bond motifs is 1. The molecule has 2 heterocycles. The van der Waals surface area contributed by atoms with E-state index >= 15 is 0 Å². The number of anilines is 3. The summed E-state index contributed by atoms with van der Waals surface area (Å²) < 4.78 is 6.35. The van der Waals surface area contributed by atoms with Crippen LogP contribution in [0.4, 0.5) is 17.5 Å². The number of hydrogen-bond donors (Lipinski definition) is 1. The molecule has 4 rings (SSSR count). The summed E-state index contributed by atoms with van der Waals surface area (Å²) in [6.07, 6.45) is 3.69. The van der Waals surface area contributed by atoms with E-state index in [1.807, 2.05) is 31.3 Å². The van der Waals surface area contributed by atoms with E-state index in [0.29, 0.717) is 6.04 Å². The molecular formula is C18H20N4OS. The van der Waals surface area contributed by atoms with Gasteiger partial charge < -0.3 is 15.0 Å². The van der Waals surface area contributed by atoms with Crippen molar-refractivity contribution >= 4 is 39.0 Å². The lowest BCUT2D eigenvalue weighted by molar-refractivity contribution is 0.415. The fourth-order valence-corrected chi connectivity index (χ4v) is 3.66. The number of benzene rings is 1. The first kappa shape index (κ1) is 15.2. The summed E-state index contributed by atoms with van der Waals surface area (Å²) in [4.78, 5) is 11.6. The van der Waals surface area contributed by atoms with Crippen LogP contribution in [0.2, 0.25) is 0 Å². The van der Waals surface area contributed by atoms with Crippen molar-refractivity contribution < 1.29 is 4.74 Å². The Bertz CT molecular complexity index is 842. The summed E-state index contributed by atoms with van der Waals surface area (Å²) in [5, 5.41) is 5.53. The quantitative estimate of drug-likeness (QED) is 0.744. The molecule has 0 amide bonds. The first-order chi connectivity index (χ1) is 11.7. The average molecular weight is 340 g/mol. The molecule has 0 bridgehead atoms. The van der Waals surface area contributed by atoms with Gasteiger partial charge >= 0.3 is 0 Å². The fraction of sp³-hybridized carbons (Fsp3) is 0.333. The molecule has 1 N–H and O–H groups in total. The van der Waals surface area contributed by atoms with Crippen molar-refractivity contribution in [2.24, 2.45) is 0 Å². The Labute approximate surface area is 145 Å². The van der Waals surface area contributed by atoms with Gasteiger partial charge in [0.05, 0.1) is 17.3 Å². The van der Waals surface area contributed by atoms with E-state index in [4.69, 9.17) is 9.72 Å². The molecule has 0 aliphatic heterocycles. The SMILES string of the molecule is COc1ccc(N(C)c2nc(NC3CCC3)nc3ccsc23)cc1. The normalized spacial score (nSPS) is 14.4. The maximum atomic E-state index is 5.24. The highest BCUT2D eigenvalue weighted by Gasteiger charge is 2.20. The third-order valence-corrected chi connectivity index (χ3v) is 5.40. The van der Waals surface area contributed by atoms with Crippen LogP contribution < -0.4 is 15.0 Å². The Morgan fingerprint density at radius 2 is 1.96 bits per heavy atom. The number of nitrogens with zero attached hydrogens (tertiary/aromatic N) is 3. The van der Waals surface area contributed by atoms with Crippen LogP contribution in [0.25, 0.3) is 10.2 Å². The molecule has 3 aromatic rings. The molecule has 2 aromatic heterocycles. The van der Waals surface area contributed by atoms with Crippen LogP contribution in [0.3, 0.4) is 0 Å². The van der Waals surface area contributed by atoms with Gasteiger partial charge in [-0.2, -0.15) is 4.98 Å². The van der Waals surface area contributed by atoms with E-state index in [-0.39, 0.29) is 0 Å². The molecule has 1 saturated carbocycles. The number of ether oxygens (including phenoxy) is 1. The minimum Gasteiger partial charge on any atom is -0.497 e. The van der Waals surface area contributed by atoms with Gasteiger partial charge in [0.25, 0.3) is 0 Å². The average Bonchev–Trinajstić information content (AvgIpc) is 3.05. The lowest BCUT2D eigenvalue weighted by Crippen LogP contribution is -2.28. The summed E-state index contributed by atoms with van der Waals surface area (Å²) in [6.45, 7) is 0. The van der Waals surface area contributed by atoms with E-state index in [2.05, 4.69) is 26.6 Å². The van der Waals surface area contributed by atoms with Crippen molar-refractivity contribution in [2.75, 3.05) is 24.4 Å².